The molecule has 40 heavy (non-hydrogen) atoms. The third-order valence-electron chi connectivity index (χ3n) is 9.77. The minimum atomic E-state index is 0.0727. The number of piperidine rings is 2. The van der Waals surface area contributed by atoms with E-state index in [9.17, 15) is 9.59 Å². The van der Waals surface area contributed by atoms with Gasteiger partial charge in [-0.05, 0) is 104 Å². The van der Waals surface area contributed by atoms with Crippen LogP contribution in [-0.2, 0) is 16.0 Å². The Morgan fingerprint density at radius 3 is 2.73 bits per heavy atom. The van der Waals surface area contributed by atoms with Crippen LogP contribution in [0.3, 0.4) is 0 Å². The lowest BCUT2D eigenvalue weighted by Gasteiger charge is -2.46. The summed E-state index contributed by atoms with van der Waals surface area (Å²) in [5, 5.41) is 3.13. The van der Waals surface area contributed by atoms with Crippen molar-refractivity contribution in [1.29, 1.82) is 0 Å². The van der Waals surface area contributed by atoms with Crippen LogP contribution < -0.4 is 10.1 Å². The number of rotatable bonds is 4. The fraction of sp³-hybridized carbons (Fsp3) is 0.545. The van der Waals surface area contributed by atoms with Gasteiger partial charge in [-0.15, -0.1) is 0 Å². The van der Waals surface area contributed by atoms with Gasteiger partial charge in [-0.3, -0.25) is 9.59 Å². The number of fused-ring (bicyclic) bond motifs is 2. The van der Waals surface area contributed by atoms with Crippen LogP contribution in [0.15, 0.2) is 36.4 Å². The lowest BCUT2D eigenvalue weighted by atomic mass is 9.69. The number of aryl methyl sites for hydroxylation is 1. The number of hydrogen-bond donors (Lipinski definition) is 2. The van der Waals surface area contributed by atoms with E-state index in [0.29, 0.717) is 25.4 Å². The smallest absolute Gasteiger partial charge is 0.222 e. The number of amides is 2. The maximum atomic E-state index is 13.5. The first-order valence-electron chi connectivity index (χ1n) is 15.1. The molecule has 3 aliphatic rings. The molecule has 7 nitrogen and oxygen atoms in total. The summed E-state index contributed by atoms with van der Waals surface area (Å²) in [4.78, 5) is 35.7. The lowest BCUT2D eigenvalue weighted by Crippen LogP contribution is -2.52. The van der Waals surface area contributed by atoms with Gasteiger partial charge >= 0.3 is 0 Å². The number of H-pyrrole nitrogens is 1. The van der Waals surface area contributed by atoms with E-state index in [2.05, 4.69) is 70.4 Å². The lowest BCUT2D eigenvalue weighted by molar-refractivity contribution is -0.137. The Morgan fingerprint density at radius 2 is 1.93 bits per heavy atom. The van der Waals surface area contributed by atoms with Crippen LogP contribution in [0.1, 0.15) is 70.2 Å². The van der Waals surface area contributed by atoms with Crippen molar-refractivity contribution in [2.45, 2.75) is 78.2 Å². The Hall–Kier alpha value is -3.35. The molecule has 3 atom stereocenters. The first-order valence-corrected chi connectivity index (χ1v) is 15.1. The van der Waals surface area contributed by atoms with E-state index < -0.39 is 0 Å². The highest BCUT2D eigenvalue weighted by molar-refractivity contribution is 5.82. The van der Waals surface area contributed by atoms with Gasteiger partial charge in [-0.1, -0.05) is 26.0 Å². The molecule has 2 N–H and O–H groups in total. The van der Waals surface area contributed by atoms with Crippen molar-refractivity contribution >= 4 is 22.8 Å². The molecular weight excluding hydrogens is 500 g/mol. The predicted octanol–water partition coefficient (Wildman–Crippen LogP) is 5.80. The van der Waals surface area contributed by atoms with Gasteiger partial charge in [0.05, 0.1) is 17.6 Å². The van der Waals surface area contributed by atoms with Crippen molar-refractivity contribution in [2.75, 3.05) is 19.7 Å². The SMILES string of the molecule is CCC1CC2(CCN(C(=O)CC3CCOc4ccc(-c5ccc6nc(C)[nH]c6c5)cc4CC3C)CC2)CC(=O)N1. The van der Waals surface area contributed by atoms with Crippen LogP contribution in [0.4, 0.5) is 0 Å². The molecule has 212 valence electrons. The second kappa shape index (κ2) is 10.9. The van der Waals surface area contributed by atoms with E-state index in [1.165, 1.54) is 11.1 Å². The molecule has 4 heterocycles. The minimum Gasteiger partial charge on any atom is -0.493 e. The van der Waals surface area contributed by atoms with Crippen molar-refractivity contribution in [1.82, 2.24) is 20.2 Å². The Balaban J connectivity index is 1.10. The van der Waals surface area contributed by atoms with E-state index in [1.807, 2.05) is 6.92 Å². The molecule has 2 amide bonds. The molecule has 2 fully saturated rings. The third-order valence-corrected chi connectivity index (χ3v) is 9.77. The number of nitrogens with one attached hydrogen (secondary N) is 2. The van der Waals surface area contributed by atoms with Crippen molar-refractivity contribution in [3.8, 4) is 16.9 Å². The molecule has 3 aliphatic heterocycles. The summed E-state index contributed by atoms with van der Waals surface area (Å²) in [5.74, 6) is 2.99. The molecule has 0 bridgehead atoms. The molecule has 1 spiro atoms. The van der Waals surface area contributed by atoms with Gasteiger partial charge in [0.1, 0.15) is 11.6 Å². The highest BCUT2D eigenvalue weighted by Crippen LogP contribution is 2.42. The molecule has 0 aliphatic carbocycles. The van der Waals surface area contributed by atoms with Crippen molar-refractivity contribution < 1.29 is 14.3 Å². The zero-order valence-electron chi connectivity index (χ0n) is 24.1. The summed E-state index contributed by atoms with van der Waals surface area (Å²) in [7, 11) is 0. The Morgan fingerprint density at radius 1 is 1.15 bits per heavy atom. The number of nitrogens with zero attached hydrogens (tertiary/aromatic N) is 2. The predicted molar refractivity (Wildman–Crippen MR) is 157 cm³/mol. The number of carbonyl (C=O) groups excluding carboxylic acids is 2. The van der Waals surface area contributed by atoms with Crippen LogP contribution >= 0.6 is 0 Å². The monoisotopic (exact) mass is 542 g/mol. The first kappa shape index (κ1) is 26.9. The van der Waals surface area contributed by atoms with Gasteiger partial charge in [0, 0.05) is 32.0 Å². The summed E-state index contributed by atoms with van der Waals surface area (Å²) in [5.41, 5.74) is 5.64. The van der Waals surface area contributed by atoms with Crippen LogP contribution in [-0.4, -0.2) is 52.4 Å². The van der Waals surface area contributed by atoms with Crippen molar-refractivity contribution in [3.63, 3.8) is 0 Å². The largest absolute Gasteiger partial charge is 0.493 e. The van der Waals surface area contributed by atoms with Crippen molar-refractivity contribution in [3.05, 3.63) is 47.8 Å². The minimum absolute atomic E-state index is 0.0727. The van der Waals surface area contributed by atoms with E-state index in [-0.39, 0.29) is 29.2 Å². The Bertz CT molecular complexity index is 1400. The molecule has 1 aromatic heterocycles. The second-order valence-electron chi connectivity index (χ2n) is 12.6. The molecule has 7 heteroatoms. The fourth-order valence-electron chi connectivity index (χ4n) is 7.27. The molecule has 6 rings (SSSR count). The standard InChI is InChI=1S/C33H42N4O3/c1-4-27-19-33(20-31(38)36-27)10-12-37(13-11-33)32(39)18-23-9-14-40-30-8-6-24(16-26(30)15-21(23)2)25-5-7-28-29(17-25)35-22(3)34-28/h5-8,16-17,21,23,27H,4,9-15,18-20H2,1-3H3,(H,34,35)(H,36,38). The molecular formula is C33H42N4O3. The topological polar surface area (TPSA) is 87.3 Å². The number of benzene rings is 2. The summed E-state index contributed by atoms with van der Waals surface area (Å²) in [6.45, 7) is 8.58. The van der Waals surface area contributed by atoms with E-state index in [1.54, 1.807) is 0 Å². The van der Waals surface area contributed by atoms with Gasteiger partial charge in [0.25, 0.3) is 0 Å². The molecule has 2 aromatic carbocycles. The number of likely N-dealkylation sites (tertiary alicyclic amines) is 1. The Labute approximate surface area is 237 Å². The summed E-state index contributed by atoms with van der Waals surface area (Å²) < 4.78 is 6.23. The summed E-state index contributed by atoms with van der Waals surface area (Å²) in [6.07, 6.45) is 6.85. The van der Waals surface area contributed by atoms with Crippen LogP contribution in [0.25, 0.3) is 22.2 Å². The fourth-order valence-corrected chi connectivity index (χ4v) is 7.27. The van der Waals surface area contributed by atoms with Crippen LogP contribution in [0.2, 0.25) is 0 Å². The average molecular weight is 543 g/mol. The number of imidazole rings is 1. The van der Waals surface area contributed by atoms with Crippen LogP contribution in [0.5, 0.6) is 5.75 Å². The number of aromatic amines is 1. The number of aromatic nitrogens is 2. The first-order chi connectivity index (χ1) is 19.3. The molecule has 2 saturated heterocycles. The van der Waals surface area contributed by atoms with Gasteiger partial charge in [-0.25, -0.2) is 4.98 Å². The summed E-state index contributed by atoms with van der Waals surface area (Å²) in [6, 6.07) is 13.1. The Kier molecular flexibility index (Phi) is 7.32. The maximum absolute atomic E-state index is 13.5. The quantitative estimate of drug-likeness (QED) is 0.436. The molecule has 0 saturated carbocycles. The second-order valence-corrected chi connectivity index (χ2v) is 12.6. The number of carbonyl (C=O) groups is 2. The molecule has 3 aromatic rings. The van der Waals surface area contributed by atoms with Gasteiger partial charge in [0.15, 0.2) is 0 Å². The third kappa shape index (κ3) is 5.48. The van der Waals surface area contributed by atoms with E-state index >= 15 is 0 Å². The van der Waals surface area contributed by atoms with Gasteiger partial charge < -0.3 is 19.9 Å². The van der Waals surface area contributed by atoms with Crippen LogP contribution in [0, 0.1) is 24.2 Å². The maximum Gasteiger partial charge on any atom is 0.222 e. The highest BCUT2D eigenvalue weighted by atomic mass is 16.5. The zero-order chi connectivity index (χ0) is 27.9. The van der Waals surface area contributed by atoms with E-state index in [4.69, 9.17) is 4.74 Å². The van der Waals surface area contributed by atoms with Crippen molar-refractivity contribution in [2.24, 2.45) is 17.3 Å². The van der Waals surface area contributed by atoms with E-state index in [0.717, 1.165) is 79.8 Å². The molecule has 3 unspecified atom stereocenters. The summed E-state index contributed by atoms with van der Waals surface area (Å²) >= 11 is 0. The van der Waals surface area contributed by atoms with Gasteiger partial charge in [0.2, 0.25) is 11.8 Å². The normalized spacial score (nSPS) is 24.6. The number of hydrogen-bond acceptors (Lipinski definition) is 4. The highest BCUT2D eigenvalue weighted by Gasteiger charge is 2.42. The average Bonchev–Trinajstić information content (AvgIpc) is 3.31. The zero-order valence-corrected chi connectivity index (χ0v) is 24.1. The number of ether oxygens (including phenoxy) is 1. The van der Waals surface area contributed by atoms with Gasteiger partial charge in [-0.2, -0.15) is 0 Å². The molecule has 0 radical (unpaired) electrons.